The van der Waals surface area contributed by atoms with Gasteiger partial charge in [-0.2, -0.15) is 11.8 Å². The van der Waals surface area contributed by atoms with E-state index in [1.807, 2.05) is 74.1 Å². The van der Waals surface area contributed by atoms with Gasteiger partial charge in [0.05, 0.1) is 86.6 Å². The molecule has 0 unspecified atom stereocenters. The number of thioether (sulfide) groups is 1. The number of nitrogens with zero attached hydrogens (tertiary/aromatic N) is 7. The van der Waals surface area contributed by atoms with Crippen LogP contribution in [0.1, 0.15) is 72.6 Å². The van der Waals surface area contributed by atoms with E-state index in [2.05, 4.69) is 42.1 Å². The minimum atomic E-state index is -0.106. The highest BCUT2D eigenvalue weighted by atomic mass is 32.2. The number of methoxy groups -OCH3 is 2. The zero-order valence-corrected chi connectivity index (χ0v) is 42.6. The van der Waals surface area contributed by atoms with E-state index in [1.165, 1.54) is 11.1 Å². The molecule has 5 heterocycles. The highest BCUT2D eigenvalue weighted by Gasteiger charge is 2.36. The molecule has 0 aliphatic carbocycles. The molecular weight excluding hydrogens is 899 g/mol. The Kier molecular flexibility index (Phi) is 17.8. The minimum absolute atomic E-state index is 0.0188. The first kappa shape index (κ1) is 51.4. The summed E-state index contributed by atoms with van der Waals surface area (Å²) in [5.74, 6) is 2.06. The summed E-state index contributed by atoms with van der Waals surface area (Å²) in [6.07, 6.45) is 11.5. The van der Waals surface area contributed by atoms with Gasteiger partial charge in [0.25, 0.3) is 11.8 Å². The Bertz CT molecular complexity index is 2290. The molecule has 2 amide bonds. The van der Waals surface area contributed by atoms with Crippen LogP contribution in [0.3, 0.4) is 0 Å². The summed E-state index contributed by atoms with van der Waals surface area (Å²) < 4.78 is 42.6. The fourth-order valence-electron chi connectivity index (χ4n) is 8.61. The third kappa shape index (κ3) is 13.2. The molecule has 2 aromatic carbocycles. The maximum absolute atomic E-state index is 13.8. The SMILES string of the molecule is C/C=C1\C[C@H]2C=Nc3cc(OCc4cc(OCCN(CCOCCOCCN(C)C)CC(C)(C)SC)cc(COc5cc6c(cc5OC)C(=O)N5C/C(=C/C)C[C@H]5C=N6)n4)c(OC)cc3C(=O)N2C1. The molecule has 4 aliphatic rings. The number of hydrogen-bond donors (Lipinski definition) is 0. The van der Waals surface area contributed by atoms with Gasteiger partial charge in [0.15, 0.2) is 23.0 Å². The Morgan fingerprint density at radius 2 is 1.17 bits per heavy atom. The average Bonchev–Trinajstić information content (AvgIpc) is 3.91. The van der Waals surface area contributed by atoms with Gasteiger partial charge in [0.1, 0.15) is 25.6 Å². The Labute approximate surface area is 411 Å². The lowest BCUT2D eigenvalue weighted by Crippen LogP contribution is -2.40. The minimum Gasteiger partial charge on any atom is -0.493 e. The van der Waals surface area contributed by atoms with Crippen molar-refractivity contribution in [2.24, 2.45) is 9.98 Å². The molecule has 2 saturated heterocycles. The largest absolute Gasteiger partial charge is 0.493 e. The number of rotatable bonds is 24. The van der Waals surface area contributed by atoms with Crippen LogP contribution in [-0.4, -0.2) is 173 Å². The van der Waals surface area contributed by atoms with Crippen LogP contribution < -0.4 is 23.7 Å². The molecule has 7 rings (SSSR count). The van der Waals surface area contributed by atoms with Crippen molar-refractivity contribution in [1.82, 2.24) is 24.6 Å². The highest BCUT2D eigenvalue weighted by molar-refractivity contribution is 7.99. The highest BCUT2D eigenvalue weighted by Crippen LogP contribution is 2.41. The number of fused-ring (bicyclic) bond motifs is 4. The van der Waals surface area contributed by atoms with Crippen LogP contribution in [0.15, 0.2) is 69.7 Å². The Morgan fingerprint density at radius 1 is 0.681 bits per heavy atom. The molecule has 372 valence electrons. The Morgan fingerprint density at radius 3 is 1.64 bits per heavy atom. The number of carbonyl (C=O) groups excluding carboxylic acids is 2. The van der Waals surface area contributed by atoms with Gasteiger partial charge in [-0.25, -0.2) is 0 Å². The topological polar surface area (TPSA) is 149 Å². The van der Waals surface area contributed by atoms with Crippen molar-refractivity contribution < 1.29 is 42.7 Å². The van der Waals surface area contributed by atoms with Crippen molar-refractivity contribution in [2.75, 3.05) is 107 Å². The molecule has 16 nitrogen and oxygen atoms in total. The number of allylic oxidation sites excluding steroid dienone is 2. The fraction of sp³-hybridized carbons (Fsp3) is 0.519. The van der Waals surface area contributed by atoms with E-state index in [9.17, 15) is 9.59 Å². The zero-order chi connectivity index (χ0) is 49.1. The van der Waals surface area contributed by atoms with E-state index in [0.717, 1.165) is 32.5 Å². The van der Waals surface area contributed by atoms with Crippen LogP contribution in [0.2, 0.25) is 0 Å². The molecule has 2 atom stereocenters. The summed E-state index contributed by atoms with van der Waals surface area (Å²) in [6.45, 7) is 15.6. The second-order valence-corrected chi connectivity index (χ2v) is 19.9. The summed E-state index contributed by atoms with van der Waals surface area (Å²) in [6, 6.07) is 10.4. The van der Waals surface area contributed by atoms with Crippen molar-refractivity contribution in [3.8, 4) is 28.7 Å². The van der Waals surface area contributed by atoms with Crippen LogP contribution in [0.5, 0.6) is 28.7 Å². The van der Waals surface area contributed by atoms with E-state index < -0.39 is 0 Å². The molecule has 0 N–H and O–H groups in total. The number of aromatic nitrogens is 1. The quantitative estimate of drug-likeness (QED) is 0.0648. The molecule has 0 saturated carbocycles. The lowest BCUT2D eigenvalue weighted by Gasteiger charge is -2.31. The summed E-state index contributed by atoms with van der Waals surface area (Å²) in [5, 5.41) is 0. The molecule has 0 bridgehead atoms. The van der Waals surface area contributed by atoms with E-state index in [4.69, 9.17) is 48.1 Å². The van der Waals surface area contributed by atoms with Crippen molar-refractivity contribution >= 4 is 47.4 Å². The number of likely N-dealkylation sites (N-methyl/N-ethyl adjacent to an activating group) is 1. The molecule has 2 fully saturated rings. The van der Waals surface area contributed by atoms with Crippen molar-refractivity contribution in [3.05, 3.63) is 82.2 Å². The number of ether oxygens (including phenoxy) is 7. The van der Waals surface area contributed by atoms with Crippen LogP contribution in [0.4, 0.5) is 11.4 Å². The number of aliphatic imine (C=N–C) groups is 2. The van der Waals surface area contributed by atoms with Gasteiger partial charge in [-0.05, 0) is 73.0 Å². The van der Waals surface area contributed by atoms with Crippen molar-refractivity contribution in [2.45, 2.75) is 70.6 Å². The molecule has 69 heavy (non-hydrogen) atoms. The maximum Gasteiger partial charge on any atom is 0.257 e. The van der Waals surface area contributed by atoms with E-state index in [1.54, 1.807) is 38.5 Å². The second kappa shape index (κ2) is 23.9. The Balaban J connectivity index is 1.09. The second-order valence-electron chi connectivity index (χ2n) is 18.4. The summed E-state index contributed by atoms with van der Waals surface area (Å²) in [7, 11) is 7.16. The number of hydrogen-bond acceptors (Lipinski definition) is 15. The summed E-state index contributed by atoms with van der Waals surface area (Å²) in [4.78, 5) is 50.1. The standard InChI is InChI=1S/C52H69N7O9S/c1-10-35-20-39-28-53-44-26-48(46(62-7)24-42(44)50(60)58(39)30-35)67-32-37-22-41(66-17-14-57(34-52(3,4)69-9)13-16-65-19-18-64-15-12-56(5)6)23-38(55-37)33-68-49-27-45-43(25-47(49)63-8)51(61)59-31-36(11-2)21-40(59)29-54-45/h10-11,22-29,39-40H,12-21,30-34H2,1-9H3/b35-10+,36-11+/t39-,40-/m0/s1. The molecule has 0 radical (unpaired) electrons. The van der Waals surface area contributed by atoms with Crippen LogP contribution in [0.25, 0.3) is 0 Å². The van der Waals surface area contributed by atoms with Gasteiger partial charge in [-0.15, -0.1) is 0 Å². The third-order valence-corrected chi connectivity index (χ3v) is 14.0. The first-order chi connectivity index (χ1) is 33.3. The van der Waals surface area contributed by atoms with E-state index >= 15 is 0 Å². The van der Waals surface area contributed by atoms with Gasteiger partial charge >= 0.3 is 0 Å². The zero-order valence-electron chi connectivity index (χ0n) is 41.7. The van der Waals surface area contributed by atoms with Crippen LogP contribution in [0, 0.1) is 0 Å². The predicted molar refractivity (Wildman–Crippen MR) is 271 cm³/mol. The number of carbonyl (C=O) groups is 2. The molecule has 4 aliphatic heterocycles. The average molecular weight is 968 g/mol. The summed E-state index contributed by atoms with van der Waals surface area (Å²) >= 11 is 1.83. The fourth-order valence-corrected chi connectivity index (χ4v) is 8.92. The van der Waals surface area contributed by atoms with Gasteiger partial charge in [-0.1, -0.05) is 23.3 Å². The van der Waals surface area contributed by atoms with E-state index in [0.29, 0.717) is 115 Å². The normalized spacial score (nSPS) is 18.7. The van der Waals surface area contributed by atoms with E-state index in [-0.39, 0.29) is 41.9 Å². The molecule has 17 heteroatoms. The van der Waals surface area contributed by atoms with Crippen LogP contribution in [-0.2, 0) is 22.7 Å². The monoisotopic (exact) mass is 967 g/mol. The first-order valence-electron chi connectivity index (χ1n) is 23.7. The molecule has 3 aromatic rings. The number of amides is 2. The van der Waals surface area contributed by atoms with Crippen LogP contribution >= 0.6 is 11.8 Å². The molecular formula is C52H69N7O9S. The smallest absolute Gasteiger partial charge is 0.257 e. The van der Waals surface area contributed by atoms with Gasteiger partial charge in [0.2, 0.25) is 0 Å². The van der Waals surface area contributed by atoms with Crippen molar-refractivity contribution in [1.29, 1.82) is 0 Å². The lowest BCUT2D eigenvalue weighted by atomic mass is 10.1. The molecule has 1 aromatic heterocycles. The summed E-state index contributed by atoms with van der Waals surface area (Å²) in [5.41, 5.74) is 5.52. The Hall–Kier alpha value is -5.46. The maximum atomic E-state index is 13.8. The molecule has 0 spiro atoms. The van der Waals surface area contributed by atoms with Gasteiger partial charge in [0, 0.05) is 80.7 Å². The lowest BCUT2D eigenvalue weighted by molar-refractivity contribution is 0.0327. The first-order valence-corrected chi connectivity index (χ1v) is 24.9. The van der Waals surface area contributed by atoms with Gasteiger partial charge < -0.3 is 47.9 Å². The third-order valence-electron chi connectivity index (χ3n) is 12.7. The van der Waals surface area contributed by atoms with Gasteiger partial charge in [-0.3, -0.25) is 29.5 Å². The number of pyridine rings is 1. The van der Waals surface area contributed by atoms with Crippen molar-refractivity contribution in [3.63, 3.8) is 0 Å². The number of benzene rings is 2. The predicted octanol–water partition coefficient (Wildman–Crippen LogP) is 7.43.